The molecule has 6 heteroatoms. The molecule has 0 aliphatic rings. The lowest BCUT2D eigenvalue weighted by molar-refractivity contribution is 0.102. The number of carbonyl (C=O) groups excluding carboxylic acids is 1. The van der Waals surface area contributed by atoms with Crippen LogP contribution in [0.4, 0.5) is 0 Å². The minimum Gasteiger partial charge on any atom is -0.287 e. The van der Waals surface area contributed by atoms with E-state index in [1.807, 2.05) is 13.8 Å². The number of ketones is 1. The first-order valence-corrected chi connectivity index (χ1v) is 7.20. The molecule has 0 saturated carbocycles. The summed E-state index contributed by atoms with van der Waals surface area (Å²) in [6, 6.07) is 5.05. The number of rotatable bonds is 3. The van der Waals surface area contributed by atoms with Gasteiger partial charge in [-0.15, -0.1) is 0 Å². The molecule has 3 nitrogen and oxygen atoms in total. The molecule has 1 aromatic heterocycles. The Morgan fingerprint density at radius 2 is 1.89 bits per heavy atom. The van der Waals surface area contributed by atoms with Crippen LogP contribution >= 0.6 is 39.1 Å². The Balaban J connectivity index is 2.60. The maximum absolute atomic E-state index is 12.6. The molecule has 0 bridgehead atoms. The first-order chi connectivity index (χ1) is 8.93. The summed E-state index contributed by atoms with van der Waals surface area (Å²) in [5.74, 6) is -0.242. The van der Waals surface area contributed by atoms with Crippen LogP contribution < -0.4 is 0 Å². The van der Waals surface area contributed by atoms with Crippen LogP contribution in [0.1, 0.15) is 35.9 Å². The number of carbonyl (C=O) groups is 1. The van der Waals surface area contributed by atoms with Crippen LogP contribution in [0.3, 0.4) is 0 Å². The molecule has 1 aromatic carbocycles. The molecule has 0 saturated heterocycles. The summed E-state index contributed by atoms with van der Waals surface area (Å²) < 4.78 is 2.27. The largest absolute Gasteiger partial charge is 0.287 e. The van der Waals surface area contributed by atoms with E-state index in [0.29, 0.717) is 25.8 Å². The molecule has 0 amide bonds. The molecule has 0 radical (unpaired) electrons. The van der Waals surface area contributed by atoms with Crippen LogP contribution in [0, 0.1) is 0 Å². The minimum atomic E-state index is -0.242. The highest BCUT2D eigenvalue weighted by molar-refractivity contribution is 9.10. The Morgan fingerprint density at radius 3 is 2.42 bits per heavy atom. The lowest BCUT2D eigenvalue weighted by Gasteiger charge is -2.12. The third-order valence-corrected chi connectivity index (χ3v) is 3.86. The van der Waals surface area contributed by atoms with Crippen molar-refractivity contribution in [2.75, 3.05) is 0 Å². The summed E-state index contributed by atoms with van der Waals surface area (Å²) in [7, 11) is 0. The highest BCUT2D eigenvalue weighted by Gasteiger charge is 2.24. The minimum absolute atomic E-state index is 0.0616. The van der Waals surface area contributed by atoms with Gasteiger partial charge in [-0.05, 0) is 41.9 Å². The normalized spacial score (nSPS) is 11.1. The summed E-state index contributed by atoms with van der Waals surface area (Å²) in [5.41, 5.74) is 0.749. The highest BCUT2D eigenvalue weighted by Crippen LogP contribution is 2.30. The monoisotopic (exact) mass is 360 g/mol. The Morgan fingerprint density at radius 1 is 1.32 bits per heavy atom. The van der Waals surface area contributed by atoms with Crippen molar-refractivity contribution < 1.29 is 4.79 Å². The van der Waals surface area contributed by atoms with Gasteiger partial charge in [-0.3, -0.25) is 9.48 Å². The SMILES string of the molecule is CC(C)n1ncc(Br)c1C(=O)c1c(Cl)cccc1Cl. The van der Waals surface area contributed by atoms with Gasteiger partial charge in [-0.1, -0.05) is 29.3 Å². The van der Waals surface area contributed by atoms with Crippen molar-refractivity contribution in [3.05, 3.63) is 50.2 Å². The van der Waals surface area contributed by atoms with E-state index in [9.17, 15) is 4.79 Å². The van der Waals surface area contributed by atoms with Gasteiger partial charge < -0.3 is 0 Å². The zero-order valence-electron chi connectivity index (χ0n) is 10.3. The van der Waals surface area contributed by atoms with Gasteiger partial charge in [0, 0.05) is 6.04 Å². The van der Waals surface area contributed by atoms with Gasteiger partial charge in [0.15, 0.2) is 0 Å². The third-order valence-electron chi connectivity index (χ3n) is 2.64. The maximum atomic E-state index is 12.6. The summed E-state index contributed by atoms with van der Waals surface area (Å²) in [5, 5.41) is 4.85. The van der Waals surface area contributed by atoms with Gasteiger partial charge >= 0.3 is 0 Å². The average molecular weight is 362 g/mol. The van der Waals surface area contributed by atoms with Crippen molar-refractivity contribution in [2.45, 2.75) is 19.9 Å². The second-order valence-electron chi connectivity index (χ2n) is 4.31. The van der Waals surface area contributed by atoms with Gasteiger partial charge in [-0.2, -0.15) is 5.10 Å². The Labute approximate surface area is 129 Å². The highest BCUT2D eigenvalue weighted by atomic mass is 79.9. The van der Waals surface area contributed by atoms with Crippen LogP contribution in [0.15, 0.2) is 28.9 Å². The summed E-state index contributed by atoms with van der Waals surface area (Å²) in [6.45, 7) is 3.90. The van der Waals surface area contributed by atoms with Gasteiger partial charge in [0.2, 0.25) is 5.78 Å². The fourth-order valence-corrected chi connectivity index (χ4v) is 2.80. The quantitative estimate of drug-likeness (QED) is 0.738. The first kappa shape index (κ1) is 14.6. The number of nitrogens with zero attached hydrogens (tertiary/aromatic N) is 2. The van der Waals surface area contributed by atoms with Gasteiger partial charge in [-0.25, -0.2) is 0 Å². The topological polar surface area (TPSA) is 34.9 Å². The third kappa shape index (κ3) is 2.71. The fraction of sp³-hybridized carbons (Fsp3) is 0.231. The number of hydrogen-bond donors (Lipinski definition) is 0. The Kier molecular flexibility index (Phi) is 4.33. The molecule has 0 fully saturated rings. The molecule has 19 heavy (non-hydrogen) atoms. The number of benzene rings is 1. The van der Waals surface area contributed by atoms with E-state index in [4.69, 9.17) is 23.2 Å². The molecule has 0 aliphatic heterocycles. The molecule has 0 unspecified atom stereocenters. The van der Waals surface area contributed by atoms with Gasteiger partial charge in [0.05, 0.1) is 26.3 Å². The predicted octanol–water partition coefficient (Wildman–Crippen LogP) is 4.76. The molecule has 100 valence electrons. The molecule has 2 aromatic rings. The second kappa shape index (κ2) is 5.65. The van der Waals surface area contributed by atoms with Crippen LogP contribution in [-0.2, 0) is 0 Å². The standard InChI is InChI=1S/C13H11BrCl2N2O/c1-7(2)18-12(8(14)6-17-18)13(19)11-9(15)4-3-5-10(11)16/h3-7H,1-2H3. The van der Waals surface area contributed by atoms with E-state index >= 15 is 0 Å². The Bertz CT molecular complexity index is 617. The van der Waals surface area contributed by atoms with E-state index in [1.165, 1.54) is 0 Å². The lowest BCUT2D eigenvalue weighted by Crippen LogP contribution is -2.14. The van der Waals surface area contributed by atoms with Crippen molar-refractivity contribution in [3.63, 3.8) is 0 Å². The van der Waals surface area contributed by atoms with Gasteiger partial charge in [0.1, 0.15) is 5.69 Å². The van der Waals surface area contributed by atoms with Crippen molar-refractivity contribution in [2.24, 2.45) is 0 Å². The van der Waals surface area contributed by atoms with E-state index in [0.717, 1.165) is 0 Å². The summed E-state index contributed by atoms with van der Waals surface area (Å²) >= 11 is 15.5. The second-order valence-corrected chi connectivity index (χ2v) is 5.97. The van der Waals surface area contributed by atoms with Crippen LogP contribution in [0.25, 0.3) is 0 Å². The number of halogens is 3. The van der Waals surface area contributed by atoms with Crippen molar-refractivity contribution >= 4 is 44.9 Å². The summed E-state index contributed by atoms with van der Waals surface area (Å²) in [6.07, 6.45) is 1.60. The zero-order valence-corrected chi connectivity index (χ0v) is 13.4. The molecule has 0 N–H and O–H groups in total. The predicted molar refractivity (Wildman–Crippen MR) is 80.2 cm³/mol. The molecular weight excluding hydrogens is 351 g/mol. The summed E-state index contributed by atoms with van der Waals surface area (Å²) in [4.78, 5) is 12.6. The fourth-order valence-electron chi connectivity index (χ4n) is 1.78. The van der Waals surface area contributed by atoms with Crippen LogP contribution in [-0.4, -0.2) is 15.6 Å². The number of hydrogen-bond acceptors (Lipinski definition) is 2. The Hall–Kier alpha value is -0.840. The van der Waals surface area contributed by atoms with Crippen molar-refractivity contribution in [1.82, 2.24) is 9.78 Å². The van der Waals surface area contributed by atoms with E-state index in [2.05, 4.69) is 21.0 Å². The maximum Gasteiger partial charge on any atom is 0.215 e. The molecule has 1 heterocycles. The van der Waals surface area contributed by atoms with E-state index in [-0.39, 0.29) is 11.8 Å². The average Bonchev–Trinajstić information content (AvgIpc) is 2.70. The zero-order chi connectivity index (χ0) is 14.2. The molecule has 2 rings (SSSR count). The smallest absolute Gasteiger partial charge is 0.215 e. The first-order valence-electron chi connectivity index (χ1n) is 5.65. The molecule has 0 atom stereocenters. The van der Waals surface area contributed by atoms with E-state index < -0.39 is 0 Å². The lowest BCUT2D eigenvalue weighted by atomic mass is 10.1. The molecule has 0 spiro atoms. The number of aromatic nitrogens is 2. The van der Waals surface area contributed by atoms with E-state index in [1.54, 1.807) is 29.1 Å². The van der Waals surface area contributed by atoms with Crippen molar-refractivity contribution in [1.29, 1.82) is 0 Å². The molecular formula is C13H11BrCl2N2O. The van der Waals surface area contributed by atoms with Crippen LogP contribution in [0.2, 0.25) is 10.0 Å². The van der Waals surface area contributed by atoms with Crippen LogP contribution in [0.5, 0.6) is 0 Å². The van der Waals surface area contributed by atoms with Crippen molar-refractivity contribution in [3.8, 4) is 0 Å². The van der Waals surface area contributed by atoms with Gasteiger partial charge in [0.25, 0.3) is 0 Å². The molecule has 0 aliphatic carbocycles.